The van der Waals surface area contributed by atoms with Crippen molar-refractivity contribution >= 4 is 17.7 Å². The Morgan fingerprint density at radius 1 is 1.53 bits per heavy atom. The van der Waals surface area contributed by atoms with E-state index in [1.807, 2.05) is 13.8 Å². The van der Waals surface area contributed by atoms with E-state index in [0.29, 0.717) is 23.0 Å². The Balaban J connectivity index is 0. The average molecular weight is 483 g/mol. The van der Waals surface area contributed by atoms with Crippen molar-refractivity contribution in [2.24, 2.45) is 16.6 Å². The summed E-state index contributed by atoms with van der Waals surface area (Å²) in [5.41, 5.74) is 6.85. The van der Waals surface area contributed by atoms with Gasteiger partial charge in [0.15, 0.2) is 0 Å². The zero-order chi connectivity index (χ0) is 14.1. The van der Waals surface area contributed by atoms with Crippen molar-refractivity contribution in [2.75, 3.05) is 0 Å². The molecule has 0 amide bonds. The number of benzene rings is 1. The van der Waals surface area contributed by atoms with Gasteiger partial charge in [-0.1, -0.05) is 20.4 Å². The summed E-state index contributed by atoms with van der Waals surface area (Å²) >= 11 is 0. The molecule has 0 saturated heterocycles. The van der Waals surface area contributed by atoms with Crippen LogP contribution in [-0.4, -0.2) is 17.2 Å². The third kappa shape index (κ3) is 10.6. The van der Waals surface area contributed by atoms with Crippen LogP contribution in [0, 0.1) is 48.5 Å². The summed E-state index contributed by atoms with van der Waals surface area (Å²) in [7, 11) is 0. The molecule has 0 bridgehead atoms. The van der Waals surface area contributed by atoms with Crippen LogP contribution in [0.5, 0.6) is 5.75 Å². The van der Waals surface area contributed by atoms with Gasteiger partial charge < -0.3 is 22.5 Å². The summed E-state index contributed by atoms with van der Waals surface area (Å²) < 4.78 is 0. The van der Waals surface area contributed by atoms with Gasteiger partial charge in [-0.05, 0) is 18.2 Å². The minimum absolute atomic E-state index is 0. The number of hydrogen-bond acceptors (Lipinski definition) is 3. The fraction of sp³-hybridized carbons (Fsp3) is 0.286. The molecule has 0 radical (unpaired) electrons. The molecule has 0 aliphatic carbocycles. The van der Waals surface area contributed by atoms with Crippen LogP contribution in [0.25, 0.3) is 0 Å². The molecule has 1 rings (SSSR count). The standard InChI is InChI=1S/C10H11N2O.C4H8N.U/c1-7(2)10(11)12-8-3-5-9(13)6-4-8;1-4(2)3-5;/h3,5-6,13H,1H2,2H3,(H2,11,12);4-5H,1-2H3;/q2*-1;+2. The maximum atomic E-state index is 8.97. The second kappa shape index (κ2) is 10.8. The average Bonchev–Trinajstić information content (AvgIpc) is 2.32. The van der Waals surface area contributed by atoms with E-state index in [4.69, 9.17) is 16.2 Å². The number of rotatable bonds is 3. The zero-order valence-corrected chi connectivity index (χ0v) is 15.7. The molecule has 0 fully saturated rings. The van der Waals surface area contributed by atoms with Crippen molar-refractivity contribution in [1.82, 2.24) is 0 Å². The third-order valence-corrected chi connectivity index (χ3v) is 1.75. The summed E-state index contributed by atoms with van der Waals surface area (Å²) in [4.78, 5) is 4.03. The van der Waals surface area contributed by atoms with Gasteiger partial charge >= 0.3 is 31.1 Å². The van der Waals surface area contributed by atoms with Crippen LogP contribution in [0.2, 0.25) is 0 Å². The summed E-state index contributed by atoms with van der Waals surface area (Å²) in [5, 5.41) is 15.4. The molecule has 0 atom stereocenters. The van der Waals surface area contributed by atoms with Crippen LogP contribution in [-0.2, 0) is 0 Å². The van der Waals surface area contributed by atoms with Crippen LogP contribution >= 0.6 is 0 Å². The van der Waals surface area contributed by atoms with Gasteiger partial charge in [0.1, 0.15) is 5.84 Å². The van der Waals surface area contributed by atoms with Gasteiger partial charge in [0.25, 0.3) is 0 Å². The zero-order valence-electron chi connectivity index (χ0n) is 11.5. The van der Waals surface area contributed by atoms with E-state index in [1.54, 1.807) is 13.0 Å². The molecule has 100 valence electrons. The molecule has 0 spiro atoms. The molecular formula is C14H19N3OU. The molecular weight excluding hydrogens is 464 g/mol. The van der Waals surface area contributed by atoms with Crippen molar-refractivity contribution in [3.63, 3.8) is 0 Å². The Bertz CT molecular complexity index is 425. The number of nitrogens with one attached hydrogen (secondary N) is 1. The number of phenols is 1. The maximum absolute atomic E-state index is 8.97. The van der Waals surface area contributed by atoms with Gasteiger partial charge in [0, 0.05) is 5.75 Å². The number of nitrogens with two attached hydrogens (primary N) is 1. The maximum Gasteiger partial charge on any atom is 2.00 e. The normalized spacial score (nSPS) is 10.0. The fourth-order valence-electron chi connectivity index (χ4n) is 0.703. The molecule has 0 aliphatic rings. The minimum Gasteiger partial charge on any atom is -0.566 e. The first-order valence-electron chi connectivity index (χ1n) is 5.49. The van der Waals surface area contributed by atoms with E-state index in [9.17, 15) is 0 Å². The van der Waals surface area contributed by atoms with Crippen molar-refractivity contribution < 1.29 is 36.2 Å². The van der Waals surface area contributed by atoms with Crippen molar-refractivity contribution in [3.05, 3.63) is 36.4 Å². The van der Waals surface area contributed by atoms with Crippen LogP contribution < -0.4 is 5.73 Å². The van der Waals surface area contributed by atoms with Crippen molar-refractivity contribution in [2.45, 2.75) is 20.8 Å². The predicted molar refractivity (Wildman–Crippen MR) is 75.6 cm³/mol. The third-order valence-electron chi connectivity index (χ3n) is 1.75. The summed E-state index contributed by atoms with van der Waals surface area (Å²) in [6, 6.07) is 7.36. The molecule has 1 aromatic carbocycles. The summed E-state index contributed by atoms with van der Waals surface area (Å²) in [6.45, 7) is 9.27. The van der Waals surface area contributed by atoms with Gasteiger partial charge in [-0.15, -0.1) is 18.2 Å². The summed E-state index contributed by atoms with van der Waals surface area (Å²) in [6.07, 6.45) is 2.28. The number of phenolic OH excluding ortho intramolecular Hbond substituents is 1. The van der Waals surface area contributed by atoms with Crippen molar-refractivity contribution in [1.29, 1.82) is 5.41 Å². The molecule has 4 nitrogen and oxygen atoms in total. The quantitative estimate of drug-likeness (QED) is 0.351. The first kappa shape index (κ1) is 20.3. The van der Waals surface area contributed by atoms with Crippen LogP contribution in [0.3, 0.4) is 0 Å². The van der Waals surface area contributed by atoms with E-state index in [1.165, 1.54) is 12.1 Å². The molecule has 4 N–H and O–H groups in total. The number of aromatic hydroxyl groups is 1. The molecule has 19 heavy (non-hydrogen) atoms. The van der Waals surface area contributed by atoms with Gasteiger partial charge in [0.2, 0.25) is 0 Å². The van der Waals surface area contributed by atoms with E-state index in [0.717, 1.165) is 0 Å². The van der Waals surface area contributed by atoms with Crippen molar-refractivity contribution in [3.8, 4) is 5.75 Å². The number of nitrogens with zero attached hydrogens (tertiary/aromatic N) is 1. The summed E-state index contributed by atoms with van der Waals surface area (Å²) in [5.74, 6) is 0.838. The van der Waals surface area contributed by atoms with Crippen LogP contribution in [0.1, 0.15) is 20.8 Å². The van der Waals surface area contributed by atoms with E-state index < -0.39 is 0 Å². The smallest absolute Gasteiger partial charge is 0.566 e. The first-order chi connectivity index (χ1) is 8.36. The molecule has 0 aromatic heterocycles. The number of aliphatic imine (C=N–C) groups is 1. The minimum atomic E-state index is 0. The van der Waals surface area contributed by atoms with Gasteiger partial charge in [-0.2, -0.15) is 12.0 Å². The molecule has 0 aliphatic heterocycles. The Morgan fingerprint density at radius 2 is 2.05 bits per heavy atom. The van der Waals surface area contributed by atoms with E-state index >= 15 is 0 Å². The molecule has 0 heterocycles. The predicted octanol–water partition coefficient (Wildman–Crippen LogP) is 2.93. The molecule has 1 aromatic rings. The topological polar surface area (TPSA) is 82.5 Å². The van der Waals surface area contributed by atoms with Gasteiger partial charge in [0.05, 0.1) is 0 Å². The second-order valence-corrected chi connectivity index (χ2v) is 4.01. The Labute approximate surface area is 138 Å². The van der Waals surface area contributed by atoms with Gasteiger partial charge in [-0.25, -0.2) is 0 Å². The number of amidine groups is 1. The Morgan fingerprint density at radius 3 is 2.37 bits per heavy atom. The molecule has 5 heteroatoms. The molecule has 0 saturated carbocycles. The second-order valence-electron chi connectivity index (χ2n) is 4.01. The van der Waals surface area contributed by atoms with E-state index in [2.05, 4.69) is 23.9 Å². The fourth-order valence-corrected chi connectivity index (χ4v) is 0.703. The number of hydrogen-bond donors (Lipinski definition) is 3. The Hall–Kier alpha value is -1.05. The van der Waals surface area contributed by atoms with Gasteiger partial charge in [-0.3, -0.25) is 4.99 Å². The Kier molecular flexibility index (Phi) is 11.6. The molecule has 0 unspecified atom stereocenters. The first-order valence-corrected chi connectivity index (χ1v) is 5.49. The monoisotopic (exact) mass is 483 g/mol. The SMILES string of the molecule is C=C(C)C(N)=Nc1[c-]cc(O)cc1.CC(C)[C-]=N.[U+2]. The van der Waals surface area contributed by atoms with E-state index in [-0.39, 0.29) is 36.9 Å². The van der Waals surface area contributed by atoms with Crippen LogP contribution in [0.15, 0.2) is 35.3 Å². The largest absolute Gasteiger partial charge is 2.00 e. The van der Waals surface area contributed by atoms with Crippen LogP contribution in [0.4, 0.5) is 5.69 Å².